The fourth-order valence-corrected chi connectivity index (χ4v) is 0.919. The molecular weight excluding hydrogens is 166 g/mol. The number of hydrogen-bond acceptors (Lipinski definition) is 3. The molecule has 0 aliphatic rings. The van der Waals surface area contributed by atoms with E-state index in [0.717, 1.165) is 12.7 Å². The van der Waals surface area contributed by atoms with E-state index in [1.807, 2.05) is 0 Å². The molecule has 1 aromatic heterocycles. The van der Waals surface area contributed by atoms with Crippen molar-refractivity contribution in [1.29, 1.82) is 0 Å². The van der Waals surface area contributed by atoms with E-state index in [9.17, 15) is 4.79 Å². The molecule has 0 spiro atoms. The fourth-order valence-electron chi connectivity index (χ4n) is 0.785. The second-order valence-electron chi connectivity index (χ2n) is 2.11. The van der Waals surface area contributed by atoms with Gasteiger partial charge in [0.05, 0.1) is 11.8 Å². The molecule has 0 fully saturated rings. The lowest BCUT2D eigenvalue weighted by molar-refractivity contribution is 0.112. The van der Waals surface area contributed by atoms with Gasteiger partial charge in [-0.05, 0) is 6.42 Å². The highest BCUT2D eigenvalue weighted by Gasteiger charge is 2.05. The van der Waals surface area contributed by atoms with Crippen molar-refractivity contribution in [1.82, 2.24) is 5.16 Å². The van der Waals surface area contributed by atoms with Crippen LogP contribution in [0.5, 0.6) is 0 Å². The van der Waals surface area contributed by atoms with E-state index in [0.29, 0.717) is 23.6 Å². The molecule has 0 saturated heterocycles. The van der Waals surface area contributed by atoms with Gasteiger partial charge in [0.25, 0.3) is 0 Å². The third kappa shape index (κ3) is 2.05. The number of carbonyl (C=O) groups is 1. The van der Waals surface area contributed by atoms with E-state index in [-0.39, 0.29) is 0 Å². The molecule has 11 heavy (non-hydrogen) atoms. The summed E-state index contributed by atoms with van der Waals surface area (Å²) in [5.74, 6) is 1.19. The van der Waals surface area contributed by atoms with Gasteiger partial charge in [0.2, 0.25) is 0 Å². The molecule has 0 saturated carbocycles. The summed E-state index contributed by atoms with van der Waals surface area (Å²) in [4.78, 5) is 10.3. The zero-order valence-corrected chi connectivity index (χ0v) is 6.67. The molecular formula is C7H8ClNO2. The van der Waals surface area contributed by atoms with Gasteiger partial charge >= 0.3 is 0 Å². The SMILES string of the molecule is O=Cc1cnoc1CCCCl. The summed E-state index contributed by atoms with van der Waals surface area (Å²) >= 11 is 5.46. The van der Waals surface area contributed by atoms with Gasteiger partial charge in [0, 0.05) is 12.3 Å². The molecule has 1 aromatic rings. The maximum Gasteiger partial charge on any atom is 0.155 e. The maximum atomic E-state index is 10.3. The van der Waals surface area contributed by atoms with Crippen molar-refractivity contribution in [3.63, 3.8) is 0 Å². The van der Waals surface area contributed by atoms with E-state index < -0.39 is 0 Å². The minimum absolute atomic E-state index is 0.523. The third-order valence-electron chi connectivity index (χ3n) is 1.34. The predicted molar refractivity (Wildman–Crippen MR) is 40.9 cm³/mol. The van der Waals surface area contributed by atoms with Gasteiger partial charge in [0.1, 0.15) is 5.76 Å². The Morgan fingerprint density at radius 2 is 2.55 bits per heavy atom. The van der Waals surface area contributed by atoms with Gasteiger partial charge in [-0.3, -0.25) is 4.79 Å². The molecule has 0 aliphatic heterocycles. The first-order valence-corrected chi connectivity index (χ1v) is 3.86. The van der Waals surface area contributed by atoms with Crippen molar-refractivity contribution < 1.29 is 9.32 Å². The summed E-state index contributed by atoms with van der Waals surface area (Å²) in [7, 11) is 0. The Hall–Kier alpha value is -0.830. The van der Waals surface area contributed by atoms with Gasteiger partial charge in [-0.15, -0.1) is 11.6 Å². The van der Waals surface area contributed by atoms with Crippen LogP contribution in [0.4, 0.5) is 0 Å². The van der Waals surface area contributed by atoms with Crippen molar-refractivity contribution in [3.05, 3.63) is 17.5 Å². The molecule has 0 aromatic carbocycles. The topological polar surface area (TPSA) is 43.1 Å². The number of hydrogen-bond donors (Lipinski definition) is 0. The molecule has 0 N–H and O–H groups in total. The zero-order valence-electron chi connectivity index (χ0n) is 5.92. The number of alkyl halides is 1. The molecule has 3 nitrogen and oxygen atoms in total. The Balaban J connectivity index is 2.61. The first-order valence-electron chi connectivity index (χ1n) is 3.33. The highest BCUT2D eigenvalue weighted by Crippen LogP contribution is 2.07. The average molecular weight is 174 g/mol. The number of aromatic nitrogens is 1. The average Bonchev–Trinajstić information content (AvgIpc) is 2.47. The van der Waals surface area contributed by atoms with Gasteiger partial charge in [-0.2, -0.15) is 0 Å². The standard InChI is InChI=1S/C7H8ClNO2/c8-3-1-2-7-6(5-10)4-9-11-7/h4-5H,1-3H2. The highest BCUT2D eigenvalue weighted by molar-refractivity contribution is 6.17. The van der Waals surface area contributed by atoms with Crippen molar-refractivity contribution in [2.45, 2.75) is 12.8 Å². The van der Waals surface area contributed by atoms with Crippen molar-refractivity contribution in [3.8, 4) is 0 Å². The Labute approximate surface area is 69.3 Å². The van der Waals surface area contributed by atoms with Crippen LogP contribution < -0.4 is 0 Å². The molecule has 0 radical (unpaired) electrons. The minimum atomic E-state index is 0.523. The summed E-state index contributed by atoms with van der Waals surface area (Å²) in [5.41, 5.74) is 0.523. The summed E-state index contributed by atoms with van der Waals surface area (Å²) in [6.07, 6.45) is 3.63. The van der Waals surface area contributed by atoms with Crippen LogP contribution in [0.1, 0.15) is 22.5 Å². The largest absolute Gasteiger partial charge is 0.361 e. The maximum absolute atomic E-state index is 10.3. The first kappa shape index (κ1) is 8.27. The first-order chi connectivity index (χ1) is 5.38. The van der Waals surface area contributed by atoms with E-state index in [1.54, 1.807) is 0 Å². The lowest BCUT2D eigenvalue weighted by Gasteiger charge is -1.90. The summed E-state index contributed by atoms with van der Waals surface area (Å²) < 4.78 is 4.82. The molecule has 60 valence electrons. The summed E-state index contributed by atoms with van der Waals surface area (Å²) in [5, 5.41) is 3.50. The van der Waals surface area contributed by atoms with Crippen LogP contribution in [0.3, 0.4) is 0 Å². The normalized spacial score (nSPS) is 9.91. The van der Waals surface area contributed by atoms with Crippen LogP contribution in [0.15, 0.2) is 10.7 Å². The molecule has 1 rings (SSSR count). The smallest absolute Gasteiger partial charge is 0.155 e. The van der Waals surface area contributed by atoms with Gasteiger partial charge in [-0.1, -0.05) is 5.16 Å². The molecule has 1 heterocycles. The second kappa shape index (κ2) is 4.13. The van der Waals surface area contributed by atoms with Crippen LogP contribution in [0, 0.1) is 0 Å². The monoisotopic (exact) mass is 173 g/mol. The number of aldehydes is 1. The number of halogens is 1. The Morgan fingerprint density at radius 1 is 1.73 bits per heavy atom. The molecule has 0 aliphatic carbocycles. The Morgan fingerprint density at radius 3 is 3.18 bits per heavy atom. The third-order valence-corrected chi connectivity index (χ3v) is 1.61. The Kier molecular flexibility index (Phi) is 3.11. The molecule has 0 atom stereocenters. The van der Waals surface area contributed by atoms with Crippen molar-refractivity contribution in [2.24, 2.45) is 0 Å². The fraction of sp³-hybridized carbons (Fsp3) is 0.429. The molecule has 0 amide bonds. The number of nitrogens with zero attached hydrogens (tertiary/aromatic N) is 1. The number of aryl methyl sites for hydroxylation is 1. The summed E-state index contributed by atoms with van der Waals surface area (Å²) in [6, 6.07) is 0. The van der Waals surface area contributed by atoms with E-state index >= 15 is 0 Å². The van der Waals surface area contributed by atoms with Gasteiger partial charge in [0.15, 0.2) is 6.29 Å². The van der Waals surface area contributed by atoms with Gasteiger partial charge < -0.3 is 4.52 Å². The minimum Gasteiger partial charge on any atom is -0.361 e. The zero-order chi connectivity index (χ0) is 8.10. The van der Waals surface area contributed by atoms with E-state index in [4.69, 9.17) is 16.1 Å². The van der Waals surface area contributed by atoms with Gasteiger partial charge in [-0.25, -0.2) is 0 Å². The second-order valence-corrected chi connectivity index (χ2v) is 2.49. The lowest BCUT2D eigenvalue weighted by atomic mass is 10.2. The highest BCUT2D eigenvalue weighted by atomic mass is 35.5. The van der Waals surface area contributed by atoms with Crippen LogP contribution in [-0.4, -0.2) is 17.3 Å². The predicted octanol–water partition coefficient (Wildman–Crippen LogP) is 1.66. The number of carbonyl (C=O) groups excluding carboxylic acids is 1. The molecule has 0 bridgehead atoms. The molecule has 0 unspecified atom stereocenters. The van der Waals surface area contributed by atoms with Crippen LogP contribution >= 0.6 is 11.6 Å². The van der Waals surface area contributed by atoms with Crippen LogP contribution in [0.2, 0.25) is 0 Å². The van der Waals surface area contributed by atoms with E-state index in [2.05, 4.69) is 5.16 Å². The van der Waals surface area contributed by atoms with E-state index in [1.165, 1.54) is 6.20 Å². The Bertz CT molecular complexity index is 234. The van der Waals surface area contributed by atoms with Crippen LogP contribution in [-0.2, 0) is 6.42 Å². The van der Waals surface area contributed by atoms with Crippen LogP contribution in [0.25, 0.3) is 0 Å². The van der Waals surface area contributed by atoms with Crippen molar-refractivity contribution in [2.75, 3.05) is 5.88 Å². The lowest BCUT2D eigenvalue weighted by Crippen LogP contribution is -1.88. The molecule has 4 heteroatoms. The summed E-state index contributed by atoms with van der Waals surface area (Å²) in [6.45, 7) is 0. The quantitative estimate of drug-likeness (QED) is 0.514. The van der Waals surface area contributed by atoms with Crippen molar-refractivity contribution >= 4 is 17.9 Å². The number of rotatable bonds is 4.